The maximum absolute atomic E-state index is 11.9. The van der Waals surface area contributed by atoms with Gasteiger partial charge in [0.15, 0.2) is 11.7 Å². The molecule has 0 aliphatic carbocycles. The first-order chi connectivity index (χ1) is 9.60. The third-order valence-electron chi connectivity index (χ3n) is 2.50. The highest BCUT2D eigenvalue weighted by Gasteiger charge is 2.09. The Morgan fingerprint density at radius 2 is 2.25 bits per heavy atom. The fourth-order valence-corrected chi connectivity index (χ4v) is 1.55. The number of amides is 1. The normalized spacial score (nSPS) is 11.3. The molecule has 0 bridgehead atoms. The van der Waals surface area contributed by atoms with E-state index in [1.54, 1.807) is 25.1 Å². The molecule has 0 saturated heterocycles. The number of nitrogens with zero attached hydrogens (tertiary/aromatic N) is 3. The number of aromatic nitrogens is 2. The molecule has 0 fully saturated rings. The Morgan fingerprint density at radius 1 is 1.50 bits per heavy atom. The highest BCUT2D eigenvalue weighted by atomic mass is 16.5. The van der Waals surface area contributed by atoms with Crippen LogP contribution in [0.1, 0.15) is 27.6 Å². The van der Waals surface area contributed by atoms with Crippen molar-refractivity contribution >= 4 is 11.7 Å². The standard InChI is InChI=1S/C12H13N5O3/c1-7-15-10(17-20-7)6-14-12(18)9-4-2-3-8(5-9)11(13)16-19/h2-5,19H,6H2,1H3,(H2,13,16)(H,14,18). The van der Waals surface area contributed by atoms with Crippen molar-refractivity contribution in [2.75, 3.05) is 0 Å². The number of rotatable bonds is 4. The van der Waals surface area contributed by atoms with Crippen molar-refractivity contribution in [2.24, 2.45) is 10.9 Å². The van der Waals surface area contributed by atoms with Gasteiger partial charge in [-0.15, -0.1) is 0 Å². The van der Waals surface area contributed by atoms with E-state index in [1.807, 2.05) is 0 Å². The second-order valence-corrected chi connectivity index (χ2v) is 3.98. The summed E-state index contributed by atoms with van der Waals surface area (Å²) in [5, 5.41) is 17.8. The molecule has 8 nitrogen and oxygen atoms in total. The van der Waals surface area contributed by atoms with Crippen molar-refractivity contribution in [1.29, 1.82) is 0 Å². The molecule has 1 amide bonds. The van der Waals surface area contributed by atoms with E-state index in [1.165, 1.54) is 6.07 Å². The van der Waals surface area contributed by atoms with Gasteiger partial charge in [0.05, 0.1) is 6.54 Å². The van der Waals surface area contributed by atoms with Crippen molar-refractivity contribution in [1.82, 2.24) is 15.5 Å². The quantitative estimate of drug-likeness (QED) is 0.321. The van der Waals surface area contributed by atoms with Gasteiger partial charge in [-0.25, -0.2) is 0 Å². The third kappa shape index (κ3) is 3.10. The molecule has 0 aliphatic rings. The summed E-state index contributed by atoms with van der Waals surface area (Å²) in [7, 11) is 0. The van der Waals surface area contributed by atoms with Crippen LogP contribution >= 0.6 is 0 Å². The highest BCUT2D eigenvalue weighted by molar-refractivity contribution is 6.01. The molecule has 0 atom stereocenters. The van der Waals surface area contributed by atoms with E-state index in [0.717, 1.165) is 0 Å². The summed E-state index contributed by atoms with van der Waals surface area (Å²) in [5.41, 5.74) is 6.30. The fraction of sp³-hybridized carbons (Fsp3) is 0.167. The molecular weight excluding hydrogens is 262 g/mol. The van der Waals surface area contributed by atoms with Crippen LogP contribution in [0.3, 0.4) is 0 Å². The van der Waals surface area contributed by atoms with E-state index in [2.05, 4.69) is 20.6 Å². The molecule has 2 aromatic rings. The summed E-state index contributed by atoms with van der Waals surface area (Å²) in [4.78, 5) is 15.9. The molecule has 104 valence electrons. The Morgan fingerprint density at radius 3 is 2.90 bits per heavy atom. The zero-order chi connectivity index (χ0) is 14.5. The summed E-state index contributed by atoms with van der Waals surface area (Å²) in [5.74, 6) is 0.445. The Bertz CT molecular complexity index is 650. The fourth-order valence-electron chi connectivity index (χ4n) is 1.55. The average molecular weight is 275 g/mol. The molecule has 1 aromatic heterocycles. The monoisotopic (exact) mass is 275 g/mol. The third-order valence-corrected chi connectivity index (χ3v) is 2.50. The number of carbonyl (C=O) groups excluding carboxylic acids is 1. The maximum Gasteiger partial charge on any atom is 0.251 e. The molecule has 1 aromatic carbocycles. The topological polar surface area (TPSA) is 127 Å². The summed E-state index contributed by atoms with van der Waals surface area (Å²) < 4.78 is 4.80. The minimum atomic E-state index is -0.319. The number of hydrogen-bond acceptors (Lipinski definition) is 6. The van der Waals surface area contributed by atoms with Crippen molar-refractivity contribution in [3.05, 3.63) is 47.1 Å². The van der Waals surface area contributed by atoms with Crippen LogP contribution in [0.4, 0.5) is 0 Å². The lowest BCUT2D eigenvalue weighted by Gasteiger charge is -2.04. The van der Waals surface area contributed by atoms with Gasteiger partial charge in [0, 0.05) is 18.1 Å². The lowest BCUT2D eigenvalue weighted by molar-refractivity contribution is 0.0949. The first kappa shape index (κ1) is 13.5. The van der Waals surface area contributed by atoms with Crippen LogP contribution in [-0.2, 0) is 6.54 Å². The first-order valence-electron chi connectivity index (χ1n) is 5.75. The molecule has 8 heteroatoms. The molecule has 1 heterocycles. The molecular formula is C12H13N5O3. The number of hydrogen-bond donors (Lipinski definition) is 3. The molecule has 4 N–H and O–H groups in total. The number of oxime groups is 1. The van der Waals surface area contributed by atoms with Gasteiger partial charge in [-0.3, -0.25) is 4.79 Å². The molecule has 0 saturated carbocycles. The van der Waals surface area contributed by atoms with Crippen LogP contribution in [0.5, 0.6) is 0 Å². The van der Waals surface area contributed by atoms with E-state index in [9.17, 15) is 4.79 Å². The maximum atomic E-state index is 11.9. The van der Waals surface area contributed by atoms with Crippen LogP contribution in [0.2, 0.25) is 0 Å². The SMILES string of the molecule is Cc1nc(CNC(=O)c2cccc(/C(N)=N/O)c2)no1. The zero-order valence-electron chi connectivity index (χ0n) is 10.7. The number of carbonyl (C=O) groups is 1. The van der Waals surface area contributed by atoms with Crippen molar-refractivity contribution in [2.45, 2.75) is 13.5 Å². The molecule has 0 unspecified atom stereocenters. The number of nitrogens with one attached hydrogen (secondary N) is 1. The highest BCUT2D eigenvalue weighted by Crippen LogP contribution is 2.05. The zero-order valence-corrected chi connectivity index (χ0v) is 10.7. The van der Waals surface area contributed by atoms with Crippen LogP contribution in [-0.4, -0.2) is 27.1 Å². The van der Waals surface area contributed by atoms with Gasteiger partial charge in [0.25, 0.3) is 5.91 Å². The molecule has 20 heavy (non-hydrogen) atoms. The Kier molecular flexibility index (Phi) is 3.94. The van der Waals surface area contributed by atoms with Gasteiger partial charge in [-0.2, -0.15) is 4.98 Å². The second-order valence-electron chi connectivity index (χ2n) is 3.98. The van der Waals surface area contributed by atoms with E-state index in [0.29, 0.717) is 22.8 Å². The first-order valence-corrected chi connectivity index (χ1v) is 5.75. The summed E-state index contributed by atoms with van der Waals surface area (Å²) in [6.45, 7) is 1.82. The van der Waals surface area contributed by atoms with Crippen molar-refractivity contribution in [3.8, 4) is 0 Å². The van der Waals surface area contributed by atoms with Gasteiger partial charge in [-0.05, 0) is 12.1 Å². The predicted molar refractivity (Wildman–Crippen MR) is 69.2 cm³/mol. The minimum Gasteiger partial charge on any atom is -0.409 e. The minimum absolute atomic E-state index is 0.0616. The number of nitrogens with two attached hydrogens (primary N) is 1. The molecule has 0 radical (unpaired) electrons. The molecule has 0 aliphatic heterocycles. The number of amidine groups is 1. The number of benzene rings is 1. The van der Waals surface area contributed by atoms with Crippen LogP contribution in [0.25, 0.3) is 0 Å². The van der Waals surface area contributed by atoms with Gasteiger partial charge >= 0.3 is 0 Å². The Balaban J connectivity index is 2.05. The van der Waals surface area contributed by atoms with Gasteiger partial charge in [0.2, 0.25) is 5.89 Å². The van der Waals surface area contributed by atoms with E-state index in [-0.39, 0.29) is 18.3 Å². The van der Waals surface area contributed by atoms with Crippen molar-refractivity contribution < 1.29 is 14.5 Å². The predicted octanol–water partition coefficient (Wildman–Crippen LogP) is 0.403. The smallest absolute Gasteiger partial charge is 0.251 e. The van der Waals surface area contributed by atoms with Gasteiger partial charge < -0.3 is 20.8 Å². The van der Waals surface area contributed by atoms with Crippen LogP contribution < -0.4 is 11.1 Å². The average Bonchev–Trinajstić information content (AvgIpc) is 2.89. The van der Waals surface area contributed by atoms with E-state index >= 15 is 0 Å². The largest absolute Gasteiger partial charge is 0.409 e. The molecule has 2 rings (SSSR count). The lowest BCUT2D eigenvalue weighted by atomic mass is 10.1. The van der Waals surface area contributed by atoms with Crippen LogP contribution in [0, 0.1) is 6.92 Å². The lowest BCUT2D eigenvalue weighted by Crippen LogP contribution is -2.24. The van der Waals surface area contributed by atoms with Crippen molar-refractivity contribution in [3.63, 3.8) is 0 Å². The molecule has 0 spiro atoms. The Hall–Kier alpha value is -2.90. The van der Waals surface area contributed by atoms with Crippen LogP contribution in [0.15, 0.2) is 33.9 Å². The number of aryl methyl sites for hydroxylation is 1. The second kappa shape index (κ2) is 5.83. The van der Waals surface area contributed by atoms with E-state index < -0.39 is 0 Å². The van der Waals surface area contributed by atoms with E-state index in [4.69, 9.17) is 15.5 Å². The Labute approximate surface area is 114 Å². The summed E-state index contributed by atoms with van der Waals surface area (Å²) in [6.07, 6.45) is 0. The van der Waals surface area contributed by atoms with Gasteiger partial charge in [-0.1, -0.05) is 22.4 Å². The summed E-state index contributed by atoms with van der Waals surface area (Å²) in [6, 6.07) is 6.41. The van der Waals surface area contributed by atoms with Gasteiger partial charge in [0.1, 0.15) is 0 Å². The summed E-state index contributed by atoms with van der Waals surface area (Å²) >= 11 is 0.